The molecule has 1 aromatic heterocycles. The molecule has 5 nitrogen and oxygen atoms in total. The Balaban J connectivity index is 1.71. The molecule has 1 aliphatic heterocycles. The molecule has 1 fully saturated rings. The molecule has 1 saturated heterocycles. The van der Waals surface area contributed by atoms with E-state index < -0.39 is 17.6 Å². The van der Waals surface area contributed by atoms with Crippen molar-refractivity contribution in [3.8, 4) is 0 Å². The highest BCUT2D eigenvalue weighted by Gasteiger charge is 2.22. The number of esters is 1. The first-order valence-electron chi connectivity index (χ1n) is 8.00. The molecule has 0 radical (unpaired) electrons. The van der Waals surface area contributed by atoms with E-state index in [2.05, 4.69) is 9.88 Å². The summed E-state index contributed by atoms with van der Waals surface area (Å²) in [4.78, 5) is 20.0. The van der Waals surface area contributed by atoms with Gasteiger partial charge in [0, 0.05) is 32.2 Å². The molecule has 0 aliphatic carbocycles. The summed E-state index contributed by atoms with van der Waals surface area (Å²) in [5, 5.41) is 0. The fraction of sp³-hybridized carbons (Fsp3) is 0.333. The highest BCUT2D eigenvalue weighted by atomic mass is 19.1. The third kappa shape index (κ3) is 3.55. The molecule has 0 bridgehead atoms. The highest BCUT2D eigenvalue weighted by molar-refractivity contribution is 5.90. The number of aromatic nitrogens is 1. The van der Waals surface area contributed by atoms with Gasteiger partial charge in [0.1, 0.15) is 17.5 Å². The molecule has 2 heterocycles. The van der Waals surface area contributed by atoms with Crippen molar-refractivity contribution in [2.24, 2.45) is 0 Å². The van der Waals surface area contributed by atoms with E-state index >= 15 is 0 Å². The van der Waals surface area contributed by atoms with E-state index in [1.54, 1.807) is 19.1 Å². The molecule has 1 aromatic carbocycles. The third-order valence-corrected chi connectivity index (χ3v) is 4.33. The summed E-state index contributed by atoms with van der Waals surface area (Å²) in [6, 6.07) is 6.95. The van der Waals surface area contributed by atoms with Crippen LogP contribution in [0.15, 0.2) is 30.3 Å². The number of carbonyl (C=O) groups excluding carboxylic acids is 1. The molecule has 132 valence electrons. The molecule has 1 aliphatic rings. The van der Waals surface area contributed by atoms with Crippen LogP contribution in [-0.2, 0) is 4.74 Å². The summed E-state index contributed by atoms with van der Waals surface area (Å²) in [6.07, 6.45) is 0. The number of nitrogens with zero attached hydrogens (tertiary/aromatic N) is 3. The van der Waals surface area contributed by atoms with Gasteiger partial charge in [0.05, 0.1) is 24.1 Å². The second kappa shape index (κ2) is 7.04. The van der Waals surface area contributed by atoms with E-state index in [9.17, 15) is 13.6 Å². The van der Waals surface area contributed by atoms with Gasteiger partial charge in [-0.2, -0.15) is 0 Å². The molecule has 0 amide bonds. The van der Waals surface area contributed by atoms with Crippen LogP contribution in [0.2, 0.25) is 0 Å². The van der Waals surface area contributed by atoms with Crippen molar-refractivity contribution in [3.63, 3.8) is 0 Å². The predicted molar refractivity (Wildman–Crippen MR) is 91.1 cm³/mol. The Hall–Kier alpha value is -2.70. The maximum absolute atomic E-state index is 13.9. The monoisotopic (exact) mass is 347 g/mol. The topological polar surface area (TPSA) is 45.7 Å². The van der Waals surface area contributed by atoms with Crippen LogP contribution in [-0.4, -0.2) is 44.2 Å². The molecule has 0 N–H and O–H groups in total. The summed E-state index contributed by atoms with van der Waals surface area (Å²) in [5.41, 5.74) is 1.32. The standard InChI is InChI=1S/C18H19F2N3O2/c1-12-14(18(24)25-2)4-6-17(21-12)23-9-7-22(8-10-23)16-11-13(19)3-5-15(16)20/h3-6,11H,7-10H2,1-2H3. The Morgan fingerprint density at radius 3 is 2.40 bits per heavy atom. The predicted octanol–water partition coefficient (Wildman–Crippen LogP) is 2.78. The van der Waals surface area contributed by atoms with E-state index in [-0.39, 0.29) is 5.69 Å². The van der Waals surface area contributed by atoms with Gasteiger partial charge in [-0.25, -0.2) is 18.6 Å². The van der Waals surface area contributed by atoms with Crippen molar-refractivity contribution < 1.29 is 18.3 Å². The van der Waals surface area contributed by atoms with Crippen molar-refractivity contribution in [1.29, 1.82) is 0 Å². The zero-order valence-electron chi connectivity index (χ0n) is 14.1. The summed E-state index contributed by atoms with van der Waals surface area (Å²) in [7, 11) is 1.33. The van der Waals surface area contributed by atoms with Gasteiger partial charge in [-0.1, -0.05) is 0 Å². The van der Waals surface area contributed by atoms with Gasteiger partial charge in [-0.3, -0.25) is 0 Å². The number of hydrogen-bond donors (Lipinski definition) is 0. The quantitative estimate of drug-likeness (QED) is 0.799. The maximum Gasteiger partial charge on any atom is 0.339 e. The Bertz CT molecular complexity index is 790. The van der Waals surface area contributed by atoms with Crippen LogP contribution >= 0.6 is 0 Å². The van der Waals surface area contributed by atoms with Gasteiger partial charge in [0.2, 0.25) is 0 Å². The Morgan fingerprint density at radius 1 is 1.08 bits per heavy atom. The molecule has 3 rings (SSSR count). The van der Waals surface area contributed by atoms with Gasteiger partial charge in [-0.05, 0) is 31.2 Å². The van der Waals surface area contributed by atoms with E-state index in [1.807, 2.05) is 4.90 Å². The molecule has 7 heteroatoms. The van der Waals surface area contributed by atoms with Crippen LogP contribution < -0.4 is 9.80 Å². The lowest BCUT2D eigenvalue weighted by Gasteiger charge is -2.37. The van der Waals surface area contributed by atoms with E-state index in [1.165, 1.54) is 13.2 Å². The van der Waals surface area contributed by atoms with Gasteiger partial charge in [0.15, 0.2) is 0 Å². The number of rotatable bonds is 3. The molecular weight excluding hydrogens is 328 g/mol. The van der Waals surface area contributed by atoms with E-state index in [0.717, 1.165) is 18.0 Å². The first kappa shape index (κ1) is 17.1. The minimum atomic E-state index is -0.450. The smallest absolute Gasteiger partial charge is 0.339 e. The fourth-order valence-corrected chi connectivity index (χ4v) is 2.95. The van der Waals surface area contributed by atoms with Crippen molar-refractivity contribution in [2.45, 2.75) is 6.92 Å². The summed E-state index contributed by atoms with van der Waals surface area (Å²) in [5.74, 6) is -0.534. The average molecular weight is 347 g/mol. The minimum Gasteiger partial charge on any atom is -0.465 e. The number of carbonyl (C=O) groups is 1. The number of methoxy groups -OCH3 is 1. The number of pyridine rings is 1. The Labute approximate surface area is 144 Å². The third-order valence-electron chi connectivity index (χ3n) is 4.33. The van der Waals surface area contributed by atoms with Crippen LogP contribution in [0.5, 0.6) is 0 Å². The van der Waals surface area contributed by atoms with Crippen molar-refractivity contribution in [3.05, 3.63) is 53.2 Å². The average Bonchev–Trinajstić information content (AvgIpc) is 2.63. The molecule has 25 heavy (non-hydrogen) atoms. The fourth-order valence-electron chi connectivity index (χ4n) is 2.95. The molecule has 0 atom stereocenters. The zero-order valence-corrected chi connectivity index (χ0v) is 14.1. The second-order valence-electron chi connectivity index (χ2n) is 5.86. The van der Waals surface area contributed by atoms with E-state index in [4.69, 9.17) is 4.74 Å². The Morgan fingerprint density at radius 2 is 1.76 bits per heavy atom. The number of halogens is 2. The zero-order chi connectivity index (χ0) is 18.0. The summed E-state index contributed by atoms with van der Waals surface area (Å²) >= 11 is 0. The lowest BCUT2D eigenvalue weighted by Crippen LogP contribution is -2.47. The SMILES string of the molecule is COC(=O)c1ccc(N2CCN(c3cc(F)ccc3F)CC2)nc1C. The Kier molecular flexibility index (Phi) is 4.83. The number of hydrogen-bond acceptors (Lipinski definition) is 5. The molecule has 2 aromatic rings. The molecule has 0 saturated carbocycles. The number of benzene rings is 1. The van der Waals surface area contributed by atoms with Gasteiger partial charge in [0.25, 0.3) is 0 Å². The van der Waals surface area contributed by atoms with Crippen LogP contribution in [0.1, 0.15) is 16.1 Å². The second-order valence-corrected chi connectivity index (χ2v) is 5.86. The highest BCUT2D eigenvalue weighted by Crippen LogP contribution is 2.24. The number of anilines is 2. The minimum absolute atomic E-state index is 0.282. The maximum atomic E-state index is 13.9. The largest absolute Gasteiger partial charge is 0.465 e. The van der Waals surface area contributed by atoms with Gasteiger partial charge in [-0.15, -0.1) is 0 Å². The molecular formula is C18H19F2N3O2. The van der Waals surface area contributed by atoms with E-state index in [0.29, 0.717) is 37.4 Å². The molecule has 0 unspecified atom stereocenters. The number of ether oxygens (including phenoxy) is 1. The molecule has 0 spiro atoms. The number of piperazine rings is 1. The normalized spacial score (nSPS) is 14.6. The van der Waals surface area contributed by atoms with Crippen molar-refractivity contribution >= 4 is 17.5 Å². The van der Waals surface area contributed by atoms with Crippen LogP contribution in [0.3, 0.4) is 0 Å². The summed E-state index contributed by atoms with van der Waals surface area (Å²) in [6.45, 7) is 4.12. The van der Waals surface area contributed by atoms with Crippen molar-refractivity contribution in [1.82, 2.24) is 4.98 Å². The van der Waals surface area contributed by atoms with Crippen LogP contribution in [0.4, 0.5) is 20.3 Å². The lowest BCUT2D eigenvalue weighted by atomic mass is 10.2. The van der Waals surface area contributed by atoms with Gasteiger partial charge < -0.3 is 14.5 Å². The van der Waals surface area contributed by atoms with Gasteiger partial charge >= 0.3 is 5.97 Å². The first-order chi connectivity index (χ1) is 12.0. The number of aryl methyl sites for hydroxylation is 1. The summed E-state index contributed by atoms with van der Waals surface area (Å²) < 4.78 is 32.0. The van der Waals surface area contributed by atoms with Crippen LogP contribution in [0.25, 0.3) is 0 Å². The lowest BCUT2D eigenvalue weighted by molar-refractivity contribution is 0.0599. The van der Waals surface area contributed by atoms with Crippen LogP contribution in [0, 0.1) is 18.6 Å². The first-order valence-corrected chi connectivity index (χ1v) is 8.00. The van der Waals surface area contributed by atoms with Crippen molar-refractivity contribution in [2.75, 3.05) is 43.1 Å².